The first kappa shape index (κ1) is 51.6. The van der Waals surface area contributed by atoms with Crippen molar-refractivity contribution in [1.29, 1.82) is 0 Å². The third-order valence-corrected chi connectivity index (χ3v) is 12.3. The molecule has 0 aliphatic carbocycles. The van der Waals surface area contributed by atoms with Crippen molar-refractivity contribution in [3.8, 4) is 0 Å². The maximum Gasteiger partial charge on any atom is 0.130 e. The van der Waals surface area contributed by atoms with E-state index >= 15 is 0 Å². The summed E-state index contributed by atoms with van der Waals surface area (Å²) in [6.45, 7) is 22.0. The van der Waals surface area contributed by atoms with Gasteiger partial charge in [-0.1, -0.05) is 166 Å². The molecule has 2 nitrogen and oxygen atoms in total. The SMILES string of the molecule is CC(=O)CCS.CCCCCCCC/C=C\C(C)C(C)C(C)CI.CCCCCCCC/C=C\C(C)C(C)C(C)CSCCC(C)=O. The van der Waals surface area contributed by atoms with Gasteiger partial charge in [-0.05, 0) is 86.5 Å². The van der Waals surface area contributed by atoms with Crippen LogP contribution in [0.25, 0.3) is 0 Å². The van der Waals surface area contributed by atoms with Crippen LogP contribution in [0.2, 0.25) is 0 Å². The van der Waals surface area contributed by atoms with Gasteiger partial charge < -0.3 is 0 Å². The predicted molar refractivity (Wildman–Crippen MR) is 230 cm³/mol. The zero-order valence-electron chi connectivity index (χ0n) is 33.0. The first-order chi connectivity index (χ1) is 22.4. The summed E-state index contributed by atoms with van der Waals surface area (Å²) in [7, 11) is 0. The summed E-state index contributed by atoms with van der Waals surface area (Å²) in [5.41, 5.74) is 0. The fourth-order valence-electron chi connectivity index (χ4n) is 5.03. The van der Waals surface area contributed by atoms with E-state index in [0.29, 0.717) is 35.7 Å². The molecule has 0 radical (unpaired) electrons. The van der Waals surface area contributed by atoms with Gasteiger partial charge in [-0.3, -0.25) is 9.59 Å². The van der Waals surface area contributed by atoms with Gasteiger partial charge in [0.05, 0.1) is 0 Å². The number of thioether (sulfide) groups is 1. The second kappa shape index (κ2) is 39.0. The number of allylic oxidation sites excluding steroid dienone is 4. The quantitative estimate of drug-likeness (QED) is 0.0281. The van der Waals surface area contributed by atoms with Crippen molar-refractivity contribution in [3.05, 3.63) is 24.3 Å². The Balaban J connectivity index is -0.000000715. The molecule has 0 rings (SSSR count). The standard InChI is InChI=1S/C21H40OS.C17H33I.C4H8OS/c1-6-7-8-9-10-11-12-13-14-18(2)21(5)19(3)17-23-16-15-20(4)22;1-5-6-7-8-9-10-11-12-13-15(2)17(4)16(3)14-18;1-4(5)2-3-6/h13-14,18-19,21H,6-12,15-17H2,1-5H3;12-13,15-17H,5-11,14H2,1-4H3;6H,2-3H2,1H3/b14-13-;13-12-;. The molecule has 0 fully saturated rings. The van der Waals surface area contributed by atoms with Gasteiger partial charge in [0.25, 0.3) is 0 Å². The number of hydrogen-bond acceptors (Lipinski definition) is 4. The highest BCUT2D eigenvalue weighted by molar-refractivity contribution is 14.1. The highest BCUT2D eigenvalue weighted by Crippen LogP contribution is 2.26. The Kier molecular flexibility index (Phi) is 42.9. The third-order valence-electron chi connectivity index (χ3n) is 9.47. The first-order valence-electron chi connectivity index (χ1n) is 19.5. The molecular weight excluding hydrogens is 727 g/mol. The van der Waals surface area contributed by atoms with E-state index in [1.165, 1.54) is 100 Å². The lowest BCUT2D eigenvalue weighted by atomic mass is 9.85. The molecule has 0 saturated carbocycles. The van der Waals surface area contributed by atoms with E-state index in [4.69, 9.17) is 0 Å². The van der Waals surface area contributed by atoms with Crippen LogP contribution < -0.4 is 0 Å². The smallest absolute Gasteiger partial charge is 0.130 e. The number of carbonyl (C=O) groups excluding carboxylic acids is 2. The van der Waals surface area contributed by atoms with Crippen LogP contribution in [-0.4, -0.2) is 33.3 Å². The lowest BCUT2D eigenvalue weighted by Crippen LogP contribution is -2.17. The first-order valence-corrected chi connectivity index (χ1v) is 22.8. The molecule has 280 valence electrons. The number of unbranched alkanes of at least 4 members (excludes halogenated alkanes) is 12. The normalized spacial score (nSPS) is 15.2. The van der Waals surface area contributed by atoms with Gasteiger partial charge in [-0.15, -0.1) is 0 Å². The summed E-state index contributed by atoms with van der Waals surface area (Å²) in [6.07, 6.45) is 30.2. The second-order valence-electron chi connectivity index (χ2n) is 14.2. The summed E-state index contributed by atoms with van der Waals surface area (Å²) >= 11 is 8.28. The number of Topliss-reactive ketones (excluding diaryl/α,β-unsaturated/α-hetero) is 2. The molecule has 0 saturated heterocycles. The molecule has 47 heavy (non-hydrogen) atoms. The van der Waals surface area contributed by atoms with Crippen LogP contribution in [0, 0.1) is 35.5 Å². The molecule has 0 N–H and O–H groups in total. The number of halogens is 1. The number of carbonyl (C=O) groups is 2. The molecule has 0 heterocycles. The van der Waals surface area contributed by atoms with E-state index in [0.717, 1.165) is 29.9 Å². The van der Waals surface area contributed by atoms with Gasteiger partial charge in [0.15, 0.2) is 0 Å². The second-order valence-corrected chi connectivity index (χ2v) is 16.7. The van der Waals surface area contributed by atoms with Crippen LogP contribution >= 0.6 is 47.0 Å². The number of rotatable bonds is 28. The van der Waals surface area contributed by atoms with E-state index in [-0.39, 0.29) is 5.78 Å². The van der Waals surface area contributed by atoms with E-state index < -0.39 is 0 Å². The molecule has 0 amide bonds. The lowest BCUT2D eigenvalue weighted by molar-refractivity contribution is -0.117. The molecule has 6 unspecified atom stereocenters. The van der Waals surface area contributed by atoms with Crippen LogP contribution in [0.1, 0.15) is 172 Å². The molecule has 5 heteroatoms. The fourth-order valence-corrected chi connectivity index (χ4v) is 7.42. The monoisotopic (exact) mass is 808 g/mol. The van der Waals surface area contributed by atoms with Crippen molar-refractivity contribution in [2.45, 2.75) is 172 Å². The van der Waals surface area contributed by atoms with E-state index in [9.17, 15) is 9.59 Å². The Morgan fingerprint density at radius 1 is 0.638 bits per heavy atom. The predicted octanol–water partition coefficient (Wildman–Crippen LogP) is 14.4. The minimum absolute atomic E-state index is 0.213. The van der Waals surface area contributed by atoms with Gasteiger partial charge in [0.1, 0.15) is 11.6 Å². The van der Waals surface area contributed by atoms with E-state index in [2.05, 4.69) is 115 Å². The topological polar surface area (TPSA) is 34.1 Å². The van der Waals surface area contributed by atoms with Gasteiger partial charge in [-0.2, -0.15) is 24.4 Å². The number of thiol groups is 1. The molecule has 0 spiro atoms. The molecule has 0 aromatic rings. The van der Waals surface area contributed by atoms with Gasteiger partial charge in [0, 0.05) is 23.0 Å². The molecule has 0 bridgehead atoms. The van der Waals surface area contributed by atoms with Crippen LogP contribution in [0.5, 0.6) is 0 Å². The van der Waals surface area contributed by atoms with Gasteiger partial charge in [-0.25, -0.2) is 0 Å². The summed E-state index contributed by atoms with van der Waals surface area (Å²) < 4.78 is 1.27. The summed E-state index contributed by atoms with van der Waals surface area (Å²) in [4.78, 5) is 20.9. The van der Waals surface area contributed by atoms with Crippen molar-refractivity contribution in [2.24, 2.45) is 35.5 Å². The largest absolute Gasteiger partial charge is 0.300 e. The molecule has 0 aromatic carbocycles. The van der Waals surface area contributed by atoms with Crippen LogP contribution in [0.15, 0.2) is 24.3 Å². The van der Waals surface area contributed by atoms with Crippen molar-refractivity contribution >= 4 is 58.5 Å². The number of hydrogen-bond donors (Lipinski definition) is 1. The lowest BCUT2D eigenvalue weighted by Gasteiger charge is -2.23. The minimum Gasteiger partial charge on any atom is -0.300 e. The van der Waals surface area contributed by atoms with Crippen LogP contribution in [0.3, 0.4) is 0 Å². The Hall–Kier alpha value is 0.250. The van der Waals surface area contributed by atoms with Crippen LogP contribution in [0.4, 0.5) is 0 Å². The van der Waals surface area contributed by atoms with Crippen molar-refractivity contribution in [1.82, 2.24) is 0 Å². The van der Waals surface area contributed by atoms with Crippen molar-refractivity contribution < 1.29 is 9.59 Å². The molecule has 0 aliphatic rings. The average Bonchev–Trinajstić information content (AvgIpc) is 3.04. The Morgan fingerprint density at radius 2 is 1.04 bits per heavy atom. The maximum atomic E-state index is 11.0. The Bertz CT molecular complexity index is 738. The number of ketones is 2. The highest BCUT2D eigenvalue weighted by Gasteiger charge is 2.17. The highest BCUT2D eigenvalue weighted by atomic mass is 127. The molecular formula is C42H81IO2S2. The Labute approximate surface area is 319 Å². The van der Waals surface area contributed by atoms with Crippen molar-refractivity contribution in [2.75, 3.05) is 21.7 Å². The van der Waals surface area contributed by atoms with Gasteiger partial charge >= 0.3 is 0 Å². The summed E-state index contributed by atoms with van der Waals surface area (Å²) in [5.74, 6) is 7.79. The van der Waals surface area contributed by atoms with Crippen LogP contribution in [-0.2, 0) is 9.59 Å². The Morgan fingerprint density at radius 3 is 1.40 bits per heavy atom. The third kappa shape index (κ3) is 38.9. The molecule has 0 aromatic heterocycles. The van der Waals surface area contributed by atoms with Gasteiger partial charge in [0.2, 0.25) is 0 Å². The zero-order chi connectivity index (χ0) is 36.3. The minimum atomic E-state index is 0.213. The number of alkyl halides is 1. The maximum absolute atomic E-state index is 11.0. The average molecular weight is 809 g/mol. The molecule has 6 atom stereocenters. The van der Waals surface area contributed by atoms with E-state index in [1.807, 2.05) is 11.8 Å². The summed E-state index contributed by atoms with van der Waals surface area (Å²) in [6, 6.07) is 0. The fraction of sp³-hybridized carbons (Fsp3) is 0.857. The van der Waals surface area contributed by atoms with E-state index in [1.54, 1.807) is 13.8 Å². The zero-order valence-corrected chi connectivity index (χ0v) is 36.8. The summed E-state index contributed by atoms with van der Waals surface area (Å²) in [5, 5.41) is 0. The van der Waals surface area contributed by atoms with Crippen molar-refractivity contribution in [3.63, 3.8) is 0 Å². The molecule has 0 aliphatic heterocycles.